The molecule has 1 aliphatic rings. The smallest absolute Gasteiger partial charge is 0.248 e. The highest BCUT2D eigenvalue weighted by Crippen LogP contribution is 2.17. The van der Waals surface area contributed by atoms with Crippen LogP contribution in [0.1, 0.15) is 18.4 Å². The zero-order valence-corrected chi connectivity index (χ0v) is 13.5. The maximum atomic E-state index is 12.1. The molecule has 4 rings (SSSR count). The molecule has 3 heterocycles. The molecule has 1 fully saturated rings. The lowest BCUT2D eigenvalue weighted by Gasteiger charge is -2.09. The van der Waals surface area contributed by atoms with Crippen molar-refractivity contribution in [2.45, 2.75) is 25.4 Å². The number of carbonyl (C=O) groups excluding carboxylic acids is 2. The number of aromatic nitrogens is 3. The van der Waals surface area contributed by atoms with E-state index in [-0.39, 0.29) is 11.8 Å². The van der Waals surface area contributed by atoms with Crippen molar-refractivity contribution < 1.29 is 9.59 Å². The molecule has 0 radical (unpaired) electrons. The quantitative estimate of drug-likeness (QED) is 0.759. The van der Waals surface area contributed by atoms with Crippen LogP contribution < -0.4 is 10.6 Å². The first kappa shape index (κ1) is 15.3. The van der Waals surface area contributed by atoms with Crippen molar-refractivity contribution in [3.63, 3.8) is 0 Å². The van der Waals surface area contributed by atoms with Crippen LogP contribution in [-0.4, -0.2) is 32.6 Å². The zero-order valence-electron chi connectivity index (χ0n) is 13.5. The van der Waals surface area contributed by atoms with Crippen LogP contribution in [0.2, 0.25) is 0 Å². The van der Waals surface area contributed by atoms with E-state index in [4.69, 9.17) is 0 Å². The van der Waals surface area contributed by atoms with Crippen molar-refractivity contribution in [1.82, 2.24) is 20.1 Å². The maximum Gasteiger partial charge on any atom is 0.248 e. The molecule has 126 valence electrons. The summed E-state index contributed by atoms with van der Waals surface area (Å²) < 4.78 is 1.76. The number of anilines is 1. The molecule has 7 nitrogen and oxygen atoms in total. The number of para-hydroxylation sites is 1. The van der Waals surface area contributed by atoms with E-state index >= 15 is 0 Å². The second-order valence-corrected chi connectivity index (χ2v) is 6.04. The average Bonchev–Trinajstić information content (AvgIpc) is 3.24. The standard InChI is InChI=1S/C18H17N5O2/c24-16-7-6-14(20-16)18(25)21-15-8-10-23(22-15)11-13-4-1-3-12-5-2-9-19-17(12)13/h1-5,8-10,14H,6-7,11H2,(H,20,24)(H,21,22,25)/t14-/m0/s1. The minimum atomic E-state index is -0.472. The molecular formula is C18H17N5O2. The third-order valence-corrected chi connectivity index (χ3v) is 4.25. The van der Waals surface area contributed by atoms with Gasteiger partial charge >= 0.3 is 0 Å². The van der Waals surface area contributed by atoms with Crippen molar-refractivity contribution >= 4 is 28.5 Å². The van der Waals surface area contributed by atoms with Gasteiger partial charge in [0.15, 0.2) is 5.82 Å². The van der Waals surface area contributed by atoms with Gasteiger partial charge in [-0.25, -0.2) is 0 Å². The van der Waals surface area contributed by atoms with Crippen LogP contribution in [0.5, 0.6) is 0 Å². The Hall–Kier alpha value is -3.22. The van der Waals surface area contributed by atoms with Gasteiger partial charge in [-0.3, -0.25) is 19.3 Å². The molecule has 0 spiro atoms. The Kier molecular flexibility index (Phi) is 3.89. The third kappa shape index (κ3) is 3.21. The number of pyridine rings is 1. The van der Waals surface area contributed by atoms with Gasteiger partial charge in [0.1, 0.15) is 6.04 Å². The number of hydrogen-bond acceptors (Lipinski definition) is 4. The van der Waals surface area contributed by atoms with E-state index in [0.29, 0.717) is 25.2 Å². The summed E-state index contributed by atoms with van der Waals surface area (Å²) in [5, 5.41) is 10.9. The number of nitrogens with one attached hydrogen (secondary N) is 2. The normalized spacial score (nSPS) is 16.8. The monoisotopic (exact) mass is 335 g/mol. The molecule has 0 saturated carbocycles. The SMILES string of the molecule is O=C1CC[C@@H](C(=O)Nc2ccn(Cc3cccc4cccnc34)n2)N1. The van der Waals surface area contributed by atoms with Gasteiger partial charge in [0.05, 0.1) is 12.1 Å². The summed E-state index contributed by atoms with van der Waals surface area (Å²) >= 11 is 0. The number of amides is 2. The van der Waals surface area contributed by atoms with Crippen LogP contribution in [0.25, 0.3) is 10.9 Å². The summed E-state index contributed by atoms with van der Waals surface area (Å²) in [4.78, 5) is 27.8. The van der Waals surface area contributed by atoms with Gasteiger partial charge in [-0.2, -0.15) is 5.10 Å². The highest BCUT2D eigenvalue weighted by molar-refractivity contribution is 5.98. The van der Waals surface area contributed by atoms with Crippen LogP contribution in [0.4, 0.5) is 5.82 Å². The lowest BCUT2D eigenvalue weighted by atomic mass is 10.1. The van der Waals surface area contributed by atoms with Gasteiger partial charge in [-0.15, -0.1) is 0 Å². The second kappa shape index (κ2) is 6.35. The van der Waals surface area contributed by atoms with Gasteiger partial charge < -0.3 is 10.6 Å². The Labute approximate surface area is 144 Å². The van der Waals surface area contributed by atoms with Gasteiger partial charge in [-0.05, 0) is 18.1 Å². The first-order valence-corrected chi connectivity index (χ1v) is 8.15. The summed E-state index contributed by atoms with van der Waals surface area (Å²) in [6.45, 7) is 0.560. The summed E-state index contributed by atoms with van der Waals surface area (Å²) in [6, 6.07) is 11.2. The van der Waals surface area contributed by atoms with Crippen LogP contribution >= 0.6 is 0 Å². The van der Waals surface area contributed by atoms with Crippen molar-refractivity contribution in [2.24, 2.45) is 0 Å². The number of hydrogen-bond donors (Lipinski definition) is 2. The largest absolute Gasteiger partial charge is 0.344 e. The fraction of sp³-hybridized carbons (Fsp3) is 0.222. The van der Waals surface area contributed by atoms with Gasteiger partial charge in [0.25, 0.3) is 0 Å². The highest BCUT2D eigenvalue weighted by Gasteiger charge is 2.27. The van der Waals surface area contributed by atoms with E-state index in [0.717, 1.165) is 16.5 Å². The first-order valence-electron chi connectivity index (χ1n) is 8.15. The topological polar surface area (TPSA) is 88.9 Å². The molecule has 1 aliphatic heterocycles. The molecule has 25 heavy (non-hydrogen) atoms. The van der Waals surface area contributed by atoms with E-state index in [1.165, 1.54) is 0 Å². The summed E-state index contributed by atoms with van der Waals surface area (Å²) in [5.41, 5.74) is 2.00. The summed E-state index contributed by atoms with van der Waals surface area (Å²) in [6.07, 6.45) is 4.49. The van der Waals surface area contributed by atoms with Gasteiger partial charge in [0, 0.05) is 30.3 Å². The molecule has 0 bridgehead atoms. The summed E-state index contributed by atoms with van der Waals surface area (Å²) in [7, 11) is 0. The lowest BCUT2D eigenvalue weighted by molar-refractivity contribution is -0.122. The van der Waals surface area contributed by atoms with Crippen molar-refractivity contribution in [3.8, 4) is 0 Å². The molecule has 0 unspecified atom stereocenters. The highest BCUT2D eigenvalue weighted by atomic mass is 16.2. The number of rotatable bonds is 4. The lowest BCUT2D eigenvalue weighted by Crippen LogP contribution is -2.37. The van der Waals surface area contributed by atoms with E-state index in [1.807, 2.05) is 36.5 Å². The number of nitrogens with zero attached hydrogens (tertiary/aromatic N) is 3. The van der Waals surface area contributed by atoms with E-state index in [1.54, 1.807) is 16.9 Å². The van der Waals surface area contributed by atoms with Gasteiger partial charge in [-0.1, -0.05) is 24.3 Å². The Morgan fingerprint density at radius 3 is 3.00 bits per heavy atom. The predicted molar refractivity (Wildman–Crippen MR) is 92.9 cm³/mol. The predicted octanol–water partition coefficient (Wildman–Crippen LogP) is 1.70. The first-order chi connectivity index (χ1) is 12.2. The second-order valence-electron chi connectivity index (χ2n) is 6.04. The van der Waals surface area contributed by atoms with Gasteiger partial charge in [0.2, 0.25) is 11.8 Å². The fourth-order valence-electron chi connectivity index (χ4n) is 3.01. The maximum absolute atomic E-state index is 12.1. The molecule has 2 amide bonds. The number of fused-ring (bicyclic) bond motifs is 1. The summed E-state index contributed by atoms with van der Waals surface area (Å²) in [5.74, 6) is 0.149. The molecule has 0 aliphatic carbocycles. The fourth-order valence-corrected chi connectivity index (χ4v) is 3.01. The molecule has 2 N–H and O–H groups in total. The molecule has 1 aromatic carbocycles. The molecule has 7 heteroatoms. The van der Waals surface area contributed by atoms with Crippen molar-refractivity contribution in [2.75, 3.05) is 5.32 Å². The van der Waals surface area contributed by atoms with E-state index in [2.05, 4.69) is 20.7 Å². The van der Waals surface area contributed by atoms with Crippen LogP contribution in [-0.2, 0) is 16.1 Å². The van der Waals surface area contributed by atoms with Crippen molar-refractivity contribution in [3.05, 3.63) is 54.4 Å². The zero-order chi connectivity index (χ0) is 17.2. The Morgan fingerprint density at radius 2 is 2.16 bits per heavy atom. The Bertz CT molecular complexity index is 944. The van der Waals surface area contributed by atoms with Crippen LogP contribution in [0.3, 0.4) is 0 Å². The Balaban J connectivity index is 1.48. The third-order valence-electron chi connectivity index (χ3n) is 4.25. The average molecular weight is 335 g/mol. The molecule has 1 saturated heterocycles. The molecule has 2 aromatic heterocycles. The number of benzene rings is 1. The van der Waals surface area contributed by atoms with Crippen LogP contribution in [0, 0.1) is 0 Å². The van der Waals surface area contributed by atoms with E-state index in [9.17, 15) is 9.59 Å². The molecule has 3 aromatic rings. The molecule has 1 atom stereocenters. The number of carbonyl (C=O) groups is 2. The molecular weight excluding hydrogens is 318 g/mol. The minimum Gasteiger partial charge on any atom is -0.344 e. The van der Waals surface area contributed by atoms with Crippen LogP contribution in [0.15, 0.2) is 48.8 Å². The Morgan fingerprint density at radius 1 is 1.28 bits per heavy atom. The minimum absolute atomic E-state index is 0.0888. The van der Waals surface area contributed by atoms with E-state index < -0.39 is 6.04 Å². The van der Waals surface area contributed by atoms with Crippen molar-refractivity contribution in [1.29, 1.82) is 0 Å².